The average molecular weight is 162 g/mol. The molecule has 0 aliphatic rings. The zero-order valence-electron chi connectivity index (χ0n) is 6.55. The largest absolute Gasteiger partial charge is 1.00 e. The Morgan fingerprint density at radius 3 is 2.82 bits per heavy atom. The van der Waals surface area contributed by atoms with E-state index < -0.39 is 5.97 Å². The summed E-state index contributed by atoms with van der Waals surface area (Å²) in [5, 5.41) is 10.0. The minimum Gasteiger partial charge on any atom is -0.550 e. The summed E-state index contributed by atoms with van der Waals surface area (Å²) in [6.45, 7) is 1.76. The van der Waals surface area contributed by atoms with Gasteiger partial charge < -0.3 is 14.9 Å². The third-order valence-corrected chi connectivity index (χ3v) is 1.09. The van der Waals surface area contributed by atoms with E-state index in [-0.39, 0.29) is 36.0 Å². The van der Waals surface area contributed by atoms with Crippen molar-refractivity contribution in [1.82, 2.24) is 9.97 Å². The molecular formula is C6H7N2NaO2. The van der Waals surface area contributed by atoms with Gasteiger partial charge in [-0.1, -0.05) is 0 Å². The second-order valence-corrected chi connectivity index (χ2v) is 2.04. The molecule has 0 atom stereocenters. The van der Waals surface area contributed by atoms with Gasteiger partial charge in [-0.2, -0.15) is 0 Å². The van der Waals surface area contributed by atoms with Crippen molar-refractivity contribution < 1.29 is 39.5 Å². The van der Waals surface area contributed by atoms with E-state index in [4.69, 9.17) is 0 Å². The molecule has 0 aliphatic carbocycles. The Bertz CT molecular complexity index is 246. The van der Waals surface area contributed by atoms with Crippen LogP contribution in [0.2, 0.25) is 0 Å². The standard InChI is InChI=1S/C6H8N2O2.Na/c1-4-7-3-5(8-4)2-6(9)10;/h3H,2H2,1H3,(H,7,8)(H,9,10);/q;+1/p-1. The Hall–Kier alpha value is -0.320. The molecule has 5 heteroatoms. The first-order chi connectivity index (χ1) is 4.68. The van der Waals surface area contributed by atoms with Crippen molar-refractivity contribution in [2.45, 2.75) is 13.3 Å². The number of H-pyrrole nitrogens is 1. The van der Waals surface area contributed by atoms with E-state index in [1.54, 1.807) is 6.92 Å². The van der Waals surface area contributed by atoms with E-state index in [9.17, 15) is 9.90 Å². The fourth-order valence-corrected chi connectivity index (χ4v) is 0.717. The van der Waals surface area contributed by atoms with Gasteiger partial charge in [-0.3, -0.25) is 0 Å². The van der Waals surface area contributed by atoms with Gasteiger partial charge in [0.1, 0.15) is 5.82 Å². The maximum absolute atomic E-state index is 10.0. The predicted molar refractivity (Wildman–Crippen MR) is 32.0 cm³/mol. The van der Waals surface area contributed by atoms with Gasteiger partial charge in [0, 0.05) is 24.3 Å². The van der Waals surface area contributed by atoms with Crippen LogP contribution in [0.4, 0.5) is 0 Å². The third-order valence-electron chi connectivity index (χ3n) is 1.09. The van der Waals surface area contributed by atoms with Gasteiger partial charge >= 0.3 is 29.6 Å². The summed E-state index contributed by atoms with van der Waals surface area (Å²) in [5.41, 5.74) is 0.581. The first kappa shape index (κ1) is 10.7. The number of carboxylic acids is 1. The number of imidazole rings is 1. The molecule has 1 aromatic heterocycles. The van der Waals surface area contributed by atoms with Crippen LogP contribution in [-0.4, -0.2) is 15.9 Å². The molecule has 0 bridgehead atoms. The number of carbonyl (C=O) groups is 1. The van der Waals surface area contributed by atoms with Crippen LogP contribution >= 0.6 is 0 Å². The summed E-state index contributed by atoms with van der Waals surface area (Å²) in [4.78, 5) is 16.6. The summed E-state index contributed by atoms with van der Waals surface area (Å²) in [6.07, 6.45) is 1.39. The smallest absolute Gasteiger partial charge is 0.550 e. The predicted octanol–water partition coefficient (Wildman–Crippen LogP) is -3.99. The number of rotatable bonds is 2. The Balaban J connectivity index is 0.000001000. The second-order valence-electron chi connectivity index (χ2n) is 2.04. The molecule has 0 spiro atoms. The molecule has 0 unspecified atom stereocenters. The fraction of sp³-hybridized carbons (Fsp3) is 0.333. The molecule has 4 nitrogen and oxygen atoms in total. The summed E-state index contributed by atoms with van der Waals surface area (Å²) >= 11 is 0. The SMILES string of the molecule is Cc1ncc(CC(=O)[O-])[nH]1.[Na+]. The molecule has 1 rings (SSSR count). The molecule has 0 aliphatic heterocycles. The van der Waals surface area contributed by atoms with Crippen molar-refractivity contribution >= 4 is 5.97 Å². The Morgan fingerprint density at radius 1 is 1.82 bits per heavy atom. The van der Waals surface area contributed by atoms with Crippen molar-refractivity contribution in [3.63, 3.8) is 0 Å². The Morgan fingerprint density at radius 2 is 2.45 bits per heavy atom. The molecule has 1 N–H and O–H groups in total. The van der Waals surface area contributed by atoms with Crippen molar-refractivity contribution in [3.8, 4) is 0 Å². The molecule has 1 aromatic rings. The number of nitrogens with one attached hydrogen (secondary N) is 1. The van der Waals surface area contributed by atoms with Crippen molar-refractivity contribution in [3.05, 3.63) is 17.7 Å². The van der Waals surface area contributed by atoms with Crippen molar-refractivity contribution in [2.24, 2.45) is 0 Å². The topological polar surface area (TPSA) is 68.8 Å². The molecular weight excluding hydrogens is 155 g/mol. The number of aliphatic carboxylic acids is 1. The minimum atomic E-state index is -1.09. The van der Waals surface area contributed by atoms with E-state index in [2.05, 4.69) is 9.97 Å². The normalized spacial score (nSPS) is 8.82. The molecule has 1 heterocycles. The molecule has 0 fully saturated rings. The molecule has 54 valence electrons. The van der Waals surface area contributed by atoms with E-state index >= 15 is 0 Å². The van der Waals surface area contributed by atoms with E-state index in [1.807, 2.05) is 0 Å². The third kappa shape index (κ3) is 3.55. The summed E-state index contributed by atoms with van der Waals surface area (Å²) in [7, 11) is 0. The summed E-state index contributed by atoms with van der Waals surface area (Å²) in [5.74, 6) is -0.375. The van der Waals surface area contributed by atoms with Gasteiger partial charge in [0.25, 0.3) is 0 Å². The fourth-order valence-electron chi connectivity index (χ4n) is 0.717. The number of aromatic nitrogens is 2. The number of hydrogen-bond donors (Lipinski definition) is 1. The Labute approximate surface area is 86.3 Å². The first-order valence-corrected chi connectivity index (χ1v) is 2.89. The van der Waals surface area contributed by atoms with Crippen LogP contribution in [0, 0.1) is 6.92 Å². The summed E-state index contributed by atoms with van der Waals surface area (Å²) in [6, 6.07) is 0. The zero-order valence-corrected chi connectivity index (χ0v) is 8.55. The minimum absolute atomic E-state index is 0. The zero-order chi connectivity index (χ0) is 7.56. The number of carbonyl (C=O) groups excluding carboxylic acids is 1. The Kier molecular flexibility index (Phi) is 4.40. The number of aryl methyl sites for hydroxylation is 1. The van der Waals surface area contributed by atoms with E-state index in [0.717, 1.165) is 5.82 Å². The van der Waals surface area contributed by atoms with Crippen molar-refractivity contribution in [2.75, 3.05) is 0 Å². The van der Waals surface area contributed by atoms with Gasteiger partial charge in [-0.15, -0.1) is 0 Å². The van der Waals surface area contributed by atoms with Crippen LogP contribution in [0.25, 0.3) is 0 Å². The maximum atomic E-state index is 10.0. The first-order valence-electron chi connectivity index (χ1n) is 2.89. The quantitative estimate of drug-likeness (QED) is 0.451. The van der Waals surface area contributed by atoms with E-state index in [0.29, 0.717) is 5.69 Å². The van der Waals surface area contributed by atoms with Gasteiger partial charge in [-0.05, 0) is 6.92 Å². The van der Waals surface area contributed by atoms with Crippen LogP contribution in [0.1, 0.15) is 11.5 Å². The number of aromatic amines is 1. The number of carboxylic acid groups (broad SMARTS) is 1. The van der Waals surface area contributed by atoms with Crippen LogP contribution in [0.15, 0.2) is 6.20 Å². The van der Waals surface area contributed by atoms with Gasteiger partial charge in [0.15, 0.2) is 0 Å². The second kappa shape index (κ2) is 4.54. The monoisotopic (exact) mass is 162 g/mol. The maximum Gasteiger partial charge on any atom is 1.00 e. The van der Waals surface area contributed by atoms with Gasteiger partial charge in [0.2, 0.25) is 0 Å². The molecule has 0 saturated carbocycles. The molecule has 0 saturated heterocycles. The molecule has 0 amide bonds. The van der Waals surface area contributed by atoms with Crippen LogP contribution in [0.5, 0.6) is 0 Å². The number of nitrogens with zero attached hydrogens (tertiary/aromatic N) is 1. The number of hydrogen-bond acceptors (Lipinski definition) is 3. The molecule has 11 heavy (non-hydrogen) atoms. The van der Waals surface area contributed by atoms with Gasteiger partial charge in [0.05, 0.1) is 0 Å². The summed E-state index contributed by atoms with van der Waals surface area (Å²) < 4.78 is 0. The van der Waals surface area contributed by atoms with Gasteiger partial charge in [-0.25, -0.2) is 4.98 Å². The van der Waals surface area contributed by atoms with E-state index in [1.165, 1.54) is 6.20 Å². The van der Waals surface area contributed by atoms with Crippen LogP contribution in [0.3, 0.4) is 0 Å². The van der Waals surface area contributed by atoms with Crippen molar-refractivity contribution in [1.29, 1.82) is 0 Å². The van der Waals surface area contributed by atoms with Crippen LogP contribution in [-0.2, 0) is 11.2 Å². The average Bonchev–Trinajstić information content (AvgIpc) is 2.13. The van der Waals surface area contributed by atoms with Crippen LogP contribution < -0.4 is 34.7 Å². The molecule has 0 radical (unpaired) electrons. The molecule has 0 aromatic carbocycles.